The predicted molar refractivity (Wildman–Crippen MR) is 137 cm³/mol. The summed E-state index contributed by atoms with van der Waals surface area (Å²) in [5, 5.41) is -0.0802. The first-order valence-electron chi connectivity index (χ1n) is 12.0. The fourth-order valence-corrected chi connectivity index (χ4v) is 4.44. The normalized spacial score (nSPS) is 11.9. The molecule has 0 spiro atoms. The van der Waals surface area contributed by atoms with Crippen LogP contribution in [0.4, 0.5) is 39.5 Å². The van der Waals surface area contributed by atoms with Gasteiger partial charge in [0.25, 0.3) is 0 Å². The molecule has 4 aromatic carbocycles. The zero-order valence-corrected chi connectivity index (χ0v) is 21.7. The van der Waals surface area contributed by atoms with Crippen LogP contribution >= 0.6 is 11.6 Å². The highest BCUT2D eigenvalue weighted by Gasteiger charge is 2.29. The van der Waals surface area contributed by atoms with Crippen LogP contribution in [-0.4, -0.2) is 6.11 Å². The average Bonchev–Trinajstić information content (AvgIpc) is 2.86. The lowest BCUT2D eigenvalue weighted by Gasteiger charge is -2.15. The Hall–Kier alpha value is -3.92. The zero-order valence-electron chi connectivity index (χ0n) is 21.0. The standard InChI is InChI=1S/C30H18ClF9O/c1-2-3-15-8-21(31)28(25(35)9-15)17-12-22(32)20(23(33)13-17)6-7-30(39,40)41-18-4-5-19(24(34)14-18)16-10-26(36)29(38)27(37)11-16/h4-14H,2-3H2,1H3. The number of rotatable bonds is 8. The smallest absolute Gasteiger partial charge is 0.419 e. The van der Waals surface area contributed by atoms with Crippen LogP contribution in [0.2, 0.25) is 5.02 Å². The molecule has 0 aliphatic heterocycles. The van der Waals surface area contributed by atoms with E-state index < -0.39 is 69.3 Å². The van der Waals surface area contributed by atoms with Crippen molar-refractivity contribution in [1.29, 1.82) is 0 Å². The summed E-state index contributed by atoms with van der Waals surface area (Å²) >= 11 is 6.13. The first-order chi connectivity index (χ1) is 19.3. The zero-order chi connectivity index (χ0) is 30.1. The second-order valence-electron chi connectivity index (χ2n) is 8.93. The molecule has 1 nitrogen and oxygen atoms in total. The topological polar surface area (TPSA) is 9.23 Å². The van der Waals surface area contributed by atoms with Crippen LogP contribution in [0.3, 0.4) is 0 Å². The number of hydrogen-bond acceptors (Lipinski definition) is 1. The molecule has 4 aromatic rings. The Morgan fingerprint density at radius 2 is 1.34 bits per heavy atom. The van der Waals surface area contributed by atoms with Crippen molar-refractivity contribution in [3.8, 4) is 28.0 Å². The van der Waals surface area contributed by atoms with E-state index in [9.17, 15) is 39.5 Å². The molecule has 0 N–H and O–H groups in total. The molecule has 0 atom stereocenters. The minimum atomic E-state index is -4.20. The summed E-state index contributed by atoms with van der Waals surface area (Å²) in [4.78, 5) is 0. The van der Waals surface area contributed by atoms with Crippen molar-refractivity contribution >= 4 is 17.7 Å². The molecule has 214 valence electrons. The Balaban J connectivity index is 1.56. The molecule has 0 fully saturated rings. The van der Waals surface area contributed by atoms with E-state index in [1.54, 1.807) is 0 Å². The molecule has 0 radical (unpaired) electrons. The van der Waals surface area contributed by atoms with Crippen molar-refractivity contribution in [2.75, 3.05) is 0 Å². The van der Waals surface area contributed by atoms with E-state index in [0.717, 1.165) is 24.3 Å². The van der Waals surface area contributed by atoms with E-state index in [4.69, 9.17) is 11.6 Å². The van der Waals surface area contributed by atoms with Crippen LogP contribution in [0.1, 0.15) is 24.5 Å². The SMILES string of the molecule is CCCc1cc(F)c(-c2cc(F)c(C=CC(F)(F)Oc3ccc(-c4cc(F)c(F)c(F)c4)c(F)c3)c(F)c2)c(Cl)c1. The quantitative estimate of drug-likeness (QED) is 0.144. The highest BCUT2D eigenvalue weighted by molar-refractivity contribution is 6.33. The van der Waals surface area contributed by atoms with Gasteiger partial charge >= 0.3 is 6.11 Å². The summed E-state index contributed by atoms with van der Waals surface area (Å²) in [6.45, 7) is 1.88. The maximum Gasteiger partial charge on any atom is 0.419 e. The Labute approximate surface area is 233 Å². The van der Waals surface area contributed by atoms with Crippen LogP contribution in [0.25, 0.3) is 28.3 Å². The van der Waals surface area contributed by atoms with Gasteiger partial charge in [-0.25, -0.2) is 30.7 Å². The van der Waals surface area contributed by atoms with Crippen molar-refractivity contribution in [3.63, 3.8) is 0 Å². The molecule has 0 bridgehead atoms. The van der Waals surface area contributed by atoms with E-state index in [0.29, 0.717) is 42.7 Å². The van der Waals surface area contributed by atoms with Crippen LogP contribution in [0.5, 0.6) is 5.75 Å². The van der Waals surface area contributed by atoms with Crippen molar-refractivity contribution in [2.45, 2.75) is 25.9 Å². The molecule has 0 aromatic heterocycles. The van der Waals surface area contributed by atoms with E-state index in [2.05, 4.69) is 4.74 Å². The van der Waals surface area contributed by atoms with E-state index >= 15 is 0 Å². The van der Waals surface area contributed by atoms with Crippen LogP contribution < -0.4 is 4.74 Å². The van der Waals surface area contributed by atoms with Gasteiger partial charge in [0.05, 0.1) is 5.02 Å². The second kappa shape index (κ2) is 11.9. The third-order valence-electron chi connectivity index (χ3n) is 5.94. The highest BCUT2D eigenvalue weighted by Crippen LogP contribution is 2.35. The van der Waals surface area contributed by atoms with Gasteiger partial charge in [-0.2, -0.15) is 8.78 Å². The van der Waals surface area contributed by atoms with Gasteiger partial charge in [-0.1, -0.05) is 24.9 Å². The molecule has 0 amide bonds. The lowest BCUT2D eigenvalue weighted by molar-refractivity contribution is -0.131. The maximum absolute atomic E-state index is 14.7. The first-order valence-corrected chi connectivity index (χ1v) is 12.3. The molecule has 11 heteroatoms. The number of halogens is 10. The van der Waals surface area contributed by atoms with Gasteiger partial charge in [-0.3, -0.25) is 0 Å². The van der Waals surface area contributed by atoms with Gasteiger partial charge in [0, 0.05) is 28.8 Å². The van der Waals surface area contributed by atoms with Crippen molar-refractivity contribution in [1.82, 2.24) is 0 Å². The Bertz CT molecular complexity index is 1580. The largest absolute Gasteiger partial charge is 0.429 e. The fourth-order valence-electron chi connectivity index (χ4n) is 4.10. The summed E-state index contributed by atoms with van der Waals surface area (Å²) in [6, 6.07) is 7.37. The molecule has 4 rings (SSSR count). The number of benzene rings is 4. The van der Waals surface area contributed by atoms with Crippen LogP contribution in [-0.2, 0) is 6.42 Å². The van der Waals surface area contributed by atoms with Crippen molar-refractivity contribution in [2.24, 2.45) is 0 Å². The average molecular weight is 601 g/mol. The minimum absolute atomic E-state index is 0.0117. The lowest BCUT2D eigenvalue weighted by atomic mass is 9.99. The molecule has 0 saturated carbocycles. The molecule has 41 heavy (non-hydrogen) atoms. The Morgan fingerprint density at radius 1 is 0.732 bits per heavy atom. The second-order valence-corrected chi connectivity index (χ2v) is 9.34. The third kappa shape index (κ3) is 6.70. The lowest BCUT2D eigenvalue weighted by Crippen LogP contribution is -2.21. The number of hydrogen-bond donors (Lipinski definition) is 0. The fraction of sp³-hybridized carbons (Fsp3) is 0.133. The molecule has 0 aliphatic rings. The summed E-state index contributed by atoms with van der Waals surface area (Å²) < 4.78 is 132. The summed E-state index contributed by atoms with van der Waals surface area (Å²) in [7, 11) is 0. The highest BCUT2D eigenvalue weighted by atomic mass is 35.5. The maximum atomic E-state index is 14.7. The van der Waals surface area contributed by atoms with Crippen molar-refractivity contribution < 1.29 is 44.3 Å². The van der Waals surface area contributed by atoms with E-state index in [1.165, 1.54) is 12.1 Å². The Morgan fingerprint density at radius 3 is 1.90 bits per heavy atom. The molecule has 0 aliphatic carbocycles. The van der Waals surface area contributed by atoms with Gasteiger partial charge in [0.1, 0.15) is 29.0 Å². The van der Waals surface area contributed by atoms with Gasteiger partial charge in [0.15, 0.2) is 17.5 Å². The predicted octanol–water partition coefficient (Wildman–Crippen LogP) is 10.3. The van der Waals surface area contributed by atoms with Gasteiger partial charge < -0.3 is 4.74 Å². The molecule has 0 unspecified atom stereocenters. The monoisotopic (exact) mass is 600 g/mol. The molecular weight excluding hydrogens is 583 g/mol. The van der Waals surface area contributed by atoms with Crippen molar-refractivity contribution in [3.05, 3.63) is 118 Å². The summed E-state index contributed by atoms with van der Waals surface area (Å²) in [5.41, 5.74) is -1.64. The van der Waals surface area contributed by atoms with Gasteiger partial charge in [-0.05, 0) is 77.7 Å². The molecule has 0 saturated heterocycles. The van der Waals surface area contributed by atoms with Crippen LogP contribution in [0, 0.1) is 40.7 Å². The number of ether oxygens (including phenoxy) is 1. The van der Waals surface area contributed by atoms with Gasteiger partial charge in [0.2, 0.25) is 0 Å². The summed E-state index contributed by atoms with van der Waals surface area (Å²) in [5.74, 6) is -10.3. The van der Waals surface area contributed by atoms with E-state index in [-0.39, 0.29) is 22.2 Å². The number of alkyl halides is 2. The summed E-state index contributed by atoms with van der Waals surface area (Å²) in [6.07, 6.45) is -2.55. The molecular formula is C30H18ClF9O. The minimum Gasteiger partial charge on any atom is -0.429 e. The van der Waals surface area contributed by atoms with Gasteiger partial charge in [-0.15, -0.1) is 0 Å². The molecule has 0 heterocycles. The Kier molecular flexibility index (Phi) is 8.72. The third-order valence-corrected chi connectivity index (χ3v) is 6.24. The number of aryl methyl sites for hydroxylation is 1. The van der Waals surface area contributed by atoms with Crippen LogP contribution in [0.15, 0.2) is 60.7 Å². The van der Waals surface area contributed by atoms with E-state index in [1.807, 2.05) is 6.92 Å². The first kappa shape index (κ1) is 30.0.